The number of sulfonamides is 1. The van der Waals surface area contributed by atoms with Crippen LogP contribution in [0.1, 0.15) is 20.8 Å². The first-order chi connectivity index (χ1) is 11.1. The molecular formula is C16H24ClN3O3S. The van der Waals surface area contributed by atoms with Gasteiger partial charge in [0.05, 0.1) is 11.6 Å². The number of hydrogen-bond donors (Lipinski definition) is 1. The van der Waals surface area contributed by atoms with Crippen LogP contribution in [0.5, 0.6) is 0 Å². The van der Waals surface area contributed by atoms with Gasteiger partial charge in [-0.15, -0.1) is 0 Å². The molecule has 1 aliphatic rings. The number of benzene rings is 1. The average molecular weight is 374 g/mol. The third kappa shape index (κ3) is 4.92. The van der Waals surface area contributed by atoms with Crippen LogP contribution in [0.2, 0.25) is 5.02 Å². The summed E-state index contributed by atoms with van der Waals surface area (Å²) >= 11 is 6.02. The van der Waals surface area contributed by atoms with Crippen LogP contribution in [0.15, 0.2) is 29.2 Å². The summed E-state index contributed by atoms with van der Waals surface area (Å²) in [5.74, 6) is -0.0510. The highest BCUT2D eigenvalue weighted by Crippen LogP contribution is 2.24. The number of halogens is 1. The summed E-state index contributed by atoms with van der Waals surface area (Å²) in [6.07, 6.45) is 0. The molecule has 134 valence electrons. The Hall–Kier alpha value is -1.15. The first-order valence-corrected chi connectivity index (χ1v) is 9.69. The Balaban J connectivity index is 1.95. The van der Waals surface area contributed by atoms with Gasteiger partial charge >= 0.3 is 0 Å². The molecule has 6 nitrogen and oxygen atoms in total. The lowest BCUT2D eigenvalue weighted by Crippen LogP contribution is -2.52. The highest BCUT2D eigenvalue weighted by molar-refractivity contribution is 7.89. The van der Waals surface area contributed by atoms with E-state index in [1.807, 2.05) is 25.7 Å². The third-order valence-electron chi connectivity index (χ3n) is 3.67. The molecule has 0 atom stereocenters. The van der Waals surface area contributed by atoms with Crippen LogP contribution < -0.4 is 5.32 Å². The fraction of sp³-hybridized carbons (Fsp3) is 0.562. The van der Waals surface area contributed by atoms with Gasteiger partial charge in [0.1, 0.15) is 4.90 Å². The lowest BCUT2D eigenvalue weighted by Gasteiger charge is -2.34. The minimum Gasteiger partial charge on any atom is -0.350 e. The van der Waals surface area contributed by atoms with E-state index in [1.165, 1.54) is 10.4 Å². The highest BCUT2D eigenvalue weighted by Gasteiger charge is 2.30. The van der Waals surface area contributed by atoms with Gasteiger partial charge in [0.2, 0.25) is 15.9 Å². The van der Waals surface area contributed by atoms with E-state index in [2.05, 4.69) is 5.32 Å². The molecule has 0 spiro atoms. The molecule has 0 bridgehead atoms. The Labute approximate surface area is 148 Å². The van der Waals surface area contributed by atoms with E-state index in [9.17, 15) is 13.2 Å². The number of nitrogens with zero attached hydrogens (tertiary/aromatic N) is 2. The van der Waals surface area contributed by atoms with Crippen molar-refractivity contribution in [1.82, 2.24) is 14.5 Å². The second-order valence-corrected chi connectivity index (χ2v) is 9.22. The molecule has 1 aromatic carbocycles. The molecule has 0 aliphatic carbocycles. The molecule has 0 unspecified atom stereocenters. The third-order valence-corrected chi connectivity index (χ3v) is 6.07. The molecule has 1 amide bonds. The normalized spacial score (nSPS) is 17.7. The lowest BCUT2D eigenvalue weighted by atomic mass is 10.1. The highest BCUT2D eigenvalue weighted by atomic mass is 35.5. The molecule has 1 aromatic rings. The number of hydrogen-bond acceptors (Lipinski definition) is 4. The fourth-order valence-electron chi connectivity index (χ4n) is 2.58. The van der Waals surface area contributed by atoms with E-state index in [-0.39, 0.29) is 27.9 Å². The van der Waals surface area contributed by atoms with E-state index >= 15 is 0 Å². The zero-order chi connectivity index (χ0) is 18.0. The van der Waals surface area contributed by atoms with Gasteiger partial charge < -0.3 is 5.32 Å². The van der Waals surface area contributed by atoms with E-state index < -0.39 is 10.0 Å². The summed E-state index contributed by atoms with van der Waals surface area (Å²) in [6, 6.07) is 6.45. The summed E-state index contributed by atoms with van der Waals surface area (Å²) in [4.78, 5) is 14.1. The van der Waals surface area contributed by atoms with E-state index in [4.69, 9.17) is 11.6 Å². The molecule has 1 aliphatic heterocycles. The van der Waals surface area contributed by atoms with Crippen LogP contribution in [0.25, 0.3) is 0 Å². The summed E-state index contributed by atoms with van der Waals surface area (Å²) in [7, 11) is -3.60. The van der Waals surface area contributed by atoms with Crippen LogP contribution in [0.4, 0.5) is 0 Å². The molecule has 1 saturated heterocycles. The molecule has 1 heterocycles. The topological polar surface area (TPSA) is 69.7 Å². The standard InChI is InChI=1S/C16H24ClN3O3S/c1-16(2,3)18-15(21)12-19-8-10-20(11-9-19)24(22,23)14-7-5-4-6-13(14)17/h4-7H,8-12H2,1-3H3,(H,18,21). The minimum atomic E-state index is -3.60. The molecule has 8 heteroatoms. The SMILES string of the molecule is CC(C)(C)NC(=O)CN1CCN(S(=O)(=O)c2ccccc2Cl)CC1. The predicted octanol–water partition coefficient (Wildman–Crippen LogP) is 1.56. The molecular weight excluding hydrogens is 350 g/mol. The lowest BCUT2D eigenvalue weighted by molar-refractivity contribution is -0.123. The van der Waals surface area contributed by atoms with Gasteiger partial charge in [0.25, 0.3) is 0 Å². The van der Waals surface area contributed by atoms with Crippen molar-refractivity contribution in [3.63, 3.8) is 0 Å². The van der Waals surface area contributed by atoms with Crippen molar-refractivity contribution in [2.24, 2.45) is 0 Å². The Kier molecular flexibility index (Phi) is 5.91. The number of carbonyl (C=O) groups is 1. The molecule has 0 aromatic heterocycles. The Morgan fingerprint density at radius 2 is 1.75 bits per heavy atom. The van der Waals surface area contributed by atoms with Gasteiger partial charge in [-0.2, -0.15) is 4.31 Å². The second kappa shape index (κ2) is 7.39. The van der Waals surface area contributed by atoms with Gasteiger partial charge in [-0.05, 0) is 32.9 Å². The number of rotatable bonds is 4. The summed E-state index contributed by atoms with van der Waals surface area (Å²) in [5.41, 5.74) is -0.272. The Morgan fingerprint density at radius 1 is 1.17 bits per heavy atom. The van der Waals surface area contributed by atoms with Crippen molar-refractivity contribution in [2.75, 3.05) is 32.7 Å². The van der Waals surface area contributed by atoms with Crippen molar-refractivity contribution in [1.29, 1.82) is 0 Å². The number of carbonyl (C=O) groups excluding carboxylic acids is 1. The monoisotopic (exact) mass is 373 g/mol. The molecule has 1 N–H and O–H groups in total. The van der Waals surface area contributed by atoms with E-state index in [1.54, 1.807) is 18.2 Å². The second-order valence-electron chi connectivity index (χ2n) is 6.91. The largest absolute Gasteiger partial charge is 0.350 e. The Bertz CT molecular complexity index is 693. The Morgan fingerprint density at radius 3 is 2.29 bits per heavy atom. The maximum atomic E-state index is 12.7. The smallest absolute Gasteiger partial charge is 0.244 e. The van der Waals surface area contributed by atoms with Crippen molar-refractivity contribution in [3.8, 4) is 0 Å². The van der Waals surface area contributed by atoms with Crippen molar-refractivity contribution in [3.05, 3.63) is 29.3 Å². The van der Waals surface area contributed by atoms with Crippen molar-refractivity contribution < 1.29 is 13.2 Å². The van der Waals surface area contributed by atoms with Crippen LogP contribution in [-0.2, 0) is 14.8 Å². The van der Waals surface area contributed by atoms with Crippen molar-refractivity contribution >= 4 is 27.5 Å². The fourth-order valence-corrected chi connectivity index (χ4v) is 4.50. The molecule has 24 heavy (non-hydrogen) atoms. The minimum absolute atomic E-state index is 0.0510. The van der Waals surface area contributed by atoms with Gasteiger partial charge in [-0.3, -0.25) is 9.69 Å². The van der Waals surface area contributed by atoms with Crippen LogP contribution >= 0.6 is 11.6 Å². The molecule has 2 rings (SSSR count). The molecule has 0 saturated carbocycles. The average Bonchev–Trinajstić information content (AvgIpc) is 2.46. The van der Waals surface area contributed by atoms with Crippen LogP contribution in [0, 0.1) is 0 Å². The number of nitrogens with one attached hydrogen (secondary N) is 1. The maximum absolute atomic E-state index is 12.7. The zero-order valence-corrected chi connectivity index (χ0v) is 15.8. The van der Waals surface area contributed by atoms with Crippen molar-refractivity contribution in [2.45, 2.75) is 31.2 Å². The first kappa shape index (κ1) is 19.2. The van der Waals surface area contributed by atoms with E-state index in [0.29, 0.717) is 26.2 Å². The van der Waals surface area contributed by atoms with Gasteiger partial charge in [-0.25, -0.2) is 8.42 Å². The van der Waals surface area contributed by atoms with Gasteiger partial charge in [-0.1, -0.05) is 23.7 Å². The number of piperazine rings is 1. The maximum Gasteiger partial charge on any atom is 0.244 e. The summed E-state index contributed by atoms with van der Waals surface area (Å²) < 4.78 is 26.8. The van der Waals surface area contributed by atoms with Gasteiger partial charge in [0, 0.05) is 31.7 Å². The van der Waals surface area contributed by atoms with Crippen LogP contribution in [-0.4, -0.2) is 61.8 Å². The number of amides is 1. The molecule has 0 radical (unpaired) electrons. The summed E-state index contributed by atoms with van der Waals surface area (Å²) in [5, 5.41) is 3.14. The summed E-state index contributed by atoms with van der Waals surface area (Å²) in [6.45, 7) is 7.78. The predicted molar refractivity (Wildman–Crippen MR) is 94.5 cm³/mol. The zero-order valence-electron chi connectivity index (χ0n) is 14.3. The van der Waals surface area contributed by atoms with Crippen LogP contribution in [0.3, 0.4) is 0 Å². The quantitative estimate of drug-likeness (QED) is 0.869. The van der Waals surface area contributed by atoms with E-state index in [0.717, 1.165) is 0 Å². The first-order valence-electron chi connectivity index (χ1n) is 7.88. The van der Waals surface area contributed by atoms with Gasteiger partial charge in [0.15, 0.2) is 0 Å². The molecule has 1 fully saturated rings.